The van der Waals surface area contributed by atoms with Gasteiger partial charge in [0.15, 0.2) is 0 Å². The lowest BCUT2D eigenvalue weighted by Crippen LogP contribution is -2.25. The van der Waals surface area contributed by atoms with E-state index in [1.807, 2.05) is 0 Å². The lowest BCUT2D eigenvalue weighted by molar-refractivity contribution is 0.152. The average Bonchev–Trinajstić information content (AvgIpc) is 2.12. The van der Waals surface area contributed by atoms with Gasteiger partial charge in [-0.3, -0.25) is 0 Å². The summed E-state index contributed by atoms with van der Waals surface area (Å²) in [5, 5.41) is 0. The van der Waals surface area contributed by atoms with E-state index in [0.29, 0.717) is 10.8 Å². The second-order valence-electron chi connectivity index (χ2n) is 7.85. The van der Waals surface area contributed by atoms with E-state index in [1.165, 1.54) is 31.3 Å². The monoisotopic (exact) mass is 238 g/mol. The minimum atomic E-state index is 0.442. The molecule has 0 saturated heterocycles. The lowest BCUT2D eigenvalue weighted by Gasteiger charge is -2.36. The van der Waals surface area contributed by atoms with Gasteiger partial charge >= 0.3 is 0 Å². The Hall–Kier alpha value is -0.260. The molecule has 0 amide bonds. The highest BCUT2D eigenvalue weighted by Gasteiger charge is 2.28. The fraction of sp³-hybridized carbons (Fsp3) is 0.882. The van der Waals surface area contributed by atoms with Gasteiger partial charge < -0.3 is 0 Å². The third-order valence-corrected chi connectivity index (χ3v) is 3.70. The molecule has 0 heteroatoms. The van der Waals surface area contributed by atoms with Crippen molar-refractivity contribution in [3.63, 3.8) is 0 Å². The summed E-state index contributed by atoms with van der Waals surface area (Å²) in [5.41, 5.74) is 2.43. The van der Waals surface area contributed by atoms with Crippen molar-refractivity contribution in [2.24, 2.45) is 16.7 Å². The summed E-state index contributed by atoms with van der Waals surface area (Å²) in [6, 6.07) is 0. The molecule has 0 aliphatic heterocycles. The third kappa shape index (κ3) is 8.46. The number of hydrogen-bond donors (Lipinski definition) is 0. The molecule has 0 fully saturated rings. The molecule has 0 heterocycles. The zero-order chi connectivity index (χ0) is 13.7. The second kappa shape index (κ2) is 6.61. The second-order valence-corrected chi connectivity index (χ2v) is 7.85. The van der Waals surface area contributed by atoms with Crippen LogP contribution in [0.4, 0.5) is 0 Å². The quantitative estimate of drug-likeness (QED) is 0.499. The van der Waals surface area contributed by atoms with E-state index in [1.54, 1.807) is 0 Å². The highest BCUT2D eigenvalue weighted by molar-refractivity contribution is 4.95. The highest BCUT2D eigenvalue weighted by atomic mass is 14.3. The Morgan fingerprint density at radius 1 is 1.06 bits per heavy atom. The van der Waals surface area contributed by atoms with Crippen molar-refractivity contribution in [2.45, 2.75) is 81.1 Å². The fourth-order valence-corrected chi connectivity index (χ4v) is 2.35. The van der Waals surface area contributed by atoms with E-state index in [-0.39, 0.29) is 0 Å². The van der Waals surface area contributed by atoms with Crippen molar-refractivity contribution >= 4 is 0 Å². The minimum absolute atomic E-state index is 0.442. The zero-order valence-electron chi connectivity index (χ0n) is 13.5. The zero-order valence-corrected chi connectivity index (χ0v) is 13.5. The fourth-order valence-electron chi connectivity index (χ4n) is 2.35. The van der Waals surface area contributed by atoms with Gasteiger partial charge in [0.1, 0.15) is 0 Å². The van der Waals surface area contributed by atoms with Crippen LogP contribution in [0.2, 0.25) is 0 Å². The molecule has 0 radical (unpaired) electrons. The van der Waals surface area contributed by atoms with Crippen molar-refractivity contribution in [2.75, 3.05) is 0 Å². The van der Waals surface area contributed by atoms with Crippen molar-refractivity contribution in [1.29, 1.82) is 0 Å². The topological polar surface area (TPSA) is 0 Å². The molecule has 0 rings (SSSR count). The molecule has 0 aromatic carbocycles. The molecule has 0 aromatic rings. The first-order chi connectivity index (χ1) is 7.56. The Labute approximate surface area is 110 Å². The largest absolute Gasteiger partial charge is 0.0887 e. The van der Waals surface area contributed by atoms with Crippen LogP contribution in [0.15, 0.2) is 11.6 Å². The summed E-state index contributed by atoms with van der Waals surface area (Å²) in [7, 11) is 0. The van der Waals surface area contributed by atoms with Gasteiger partial charge in [-0.2, -0.15) is 0 Å². The first-order valence-corrected chi connectivity index (χ1v) is 7.18. The standard InChI is InChI=1S/C17H34/c1-9-14(2)11-10-12-15(17(6,7)8)13-16(3,4)5/h9,15H,10-13H2,1-8H3. The van der Waals surface area contributed by atoms with E-state index in [9.17, 15) is 0 Å². The lowest BCUT2D eigenvalue weighted by atomic mass is 9.70. The first kappa shape index (κ1) is 16.7. The molecule has 0 nitrogen and oxygen atoms in total. The van der Waals surface area contributed by atoms with Crippen LogP contribution in [0.3, 0.4) is 0 Å². The maximum atomic E-state index is 2.39. The van der Waals surface area contributed by atoms with Crippen LogP contribution in [0, 0.1) is 16.7 Å². The number of hydrogen-bond acceptors (Lipinski definition) is 0. The minimum Gasteiger partial charge on any atom is -0.0887 e. The van der Waals surface area contributed by atoms with E-state index in [0.717, 1.165) is 5.92 Å². The van der Waals surface area contributed by atoms with Crippen LogP contribution in [0.5, 0.6) is 0 Å². The van der Waals surface area contributed by atoms with Crippen molar-refractivity contribution in [1.82, 2.24) is 0 Å². The molecule has 17 heavy (non-hydrogen) atoms. The van der Waals surface area contributed by atoms with Gasteiger partial charge in [0, 0.05) is 0 Å². The van der Waals surface area contributed by atoms with Gasteiger partial charge in [0.25, 0.3) is 0 Å². The summed E-state index contributed by atoms with van der Waals surface area (Å²) in [5.74, 6) is 0.840. The maximum Gasteiger partial charge on any atom is -0.0323 e. The van der Waals surface area contributed by atoms with Crippen LogP contribution in [-0.2, 0) is 0 Å². The Balaban J connectivity index is 4.32. The SMILES string of the molecule is CC=C(C)CCCC(CC(C)(C)C)C(C)(C)C. The van der Waals surface area contributed by atoms with Gasteiger partial charge in [-0.15, -0.1) is 0 Å². The molecule has 0 saturated carbocycles. The molecule has 1 unspecified atom stereocenters. The van der Waals surface area contributed by atoms with Crippen LogP contribution in [0.25, 0.3) is 0 Å². The molecule has 0 bridgehead atoms. The van der Waals surface area contributed by atoms with Crippen molar-refractivity contribution in [3.05, 3.63) is 11.6 Å². The van der Waals surface area contributed by atoms with Gasteiger partial charge in [-0.1, -0.05) is 53.2 Å². The van der Waals surface area contributed by atoms with Crippen LogP contribution in [-0.4, -0.2) is 0 Å². The molecular formula is C17H34. The Morgan fingerprint density at radius 2 is 1.59 bits per heavy atom. The van der Waals surface area contributed by atoms with Crippen LogP contribution < -0.4 is 0 Å². The first-order valence-electron chi connectivity index (χ1n) is 7.18. The highest BCUT2D eigenvalue weighted by Crippen LogP contribution is 2.39. The Kier molecular flexibility index (Phi) is 6.51. The number of rotatable bonds is 5. The average molecular weight is 238 g/mol. The predicted molar refractivity (Wildman–Crippen MR) is 80.3 cm³/mol. The Bertz CT molecular complexity index is 232. The molecule has 1 atom stereocenters. The van der Waals surface area contributed by atoms with E-state index >= 15 is 0 Å². The van der Waals surface area contributed by atoms with Gasteiger partial charge in [-0.25, -0.2) is 0 Å². The third-order valence-electron chi connectivity index (χ3n) is 3.70. The van der Waals surface area contributed by atoms with Crippen LogP contribution in [0.1, 0.15) is 81.1 Å². The molecule has 0 aliphatic carbocycles. The van der Waals surface area contributed by atoms with Crippen molar-refractivity contribution < 1.29 is 0 Å². The van der Waals surface area contributed by atoms with Crippen LogP contribution >= 0.6 is 0 Å². The van der Waals surface area contributed by atoms with Gasteiger partial charge in [-0.05, 0) is 56.3 Å². The smallest absolute Gasteiger partial charge is 0.0323 e. The molecular weight excluding hydrogens is 204 g/mol. The molecule has 0 N–H and O–H groups in total. The normalized spacial score (nSPS) is 16.1. The number of allylic oxidation sites excluding steroid dienone is 2. The predicted octanol–water partition coefficient (Wildman–Crippen LogP) is 6.22. The summed E-state index contributed by atoms with van der Waals surface area (Å²) in [4.78, 5) is 0. The molecule has 0 aliphatic rings. The molecule has 0 spiro atoms. The summed E-state index contributed by atoms with van der Waals surface area (Å²) in [6.07, 6.45) is 7.56. The van der Waals surface area contributed by atoms with Gasteiger partial charge in [0.05, 0.1) is 0 Å². The molecule has 102 valence electrons. The molecule has 0 aromatic heterocycles. The summed E-state index contributed by atoms with van der Waals surface area (Å²) < 4.78 is 0. The Morgan fingerprint density at radius 3 is 1.94 bits per heavy atom. The van der Waals surface area contributed by atoms with E-state index < -0.39 is 0 Å². The van der Waals surface area contributed by atoms with Gasteiger partial charge in [0.2, 0.25) is 0 Å². The summed E-state index contributed by atoms with van der Waals surface area (Å²) >= 11 is 0. The van der Waals surface area contributed by atoms with E-state index in [4.69, 9.17) is 0 Å². The van der Waals surface area contributed by atoms with Crippen molar-refractivity contribution in [3.8, 4) is 0 Å². The van der Waals surface area contributed by atoms with E-state index in [2.05, 4.69) is 61.5 Å². The summed E-state index contributed by atoms with van der Waals surface area (Å²) in [6.45, 7) is 18.7. The maximum absolute atomic E-state index is 2.39.